The number of rotatable bonds is 4. The van der Waals surface area contributed by atoms with Crippen molar-refractivity contribution in [3.63, 3.8) is 0 Å². The van der Waals surface area contributed by atoms with E-state index in [0.29, 0.717) is 37.7 Å². The van der Waals surface area contributed by atoms with Crippen LogP contribution in [-0.2, 0) is 28.7 Å². The summed E-state index contributed by atoms with van der Waals surface area (Å²) in [5.41, 5.74) is 2.63. The summed E-state index contributed by atoms with van der Waals surface area (Å²) < 4.78 is 10.1. The van der Waals surface area contributed by atoms with Gasteiger partial charge in [0.1, 0.15) is 13.2 Å². The number of amides is 2. The molecule has 0 unspecified atom stereocenters. The molecule has 164 valence electrons. The highest BCUT2D eigenvalue weighted by molar-refractivity contribution is 5.95. The second kappa shape index (κ2) is 11.5. The molecule has 0 N–H and O–H groups in total. The third-order valence-corrected chi connectivity index (χ3v) is 4.64. The van der Waals surface area contributed by atoms with Gasteiger partial charge in [0.2, 0.25) is 12.2 Å². The van der Waals surface area contributed by atoms with Crippen LogP contribution < -0.4 is 9.80 Å². The minimum absolute atomic E-state index is 0.0575. The van der Waals surface area contributed by atoms with Gasteiger partial charge in [0.15, 0.2) is 0 Å². The Balaban J connectivity index is 0.000000181. The molecule has 32 heavy (non-hydrogen) atoms. The first-order valence-corrected chi connectivity index (χ1v) is 9.74. The second-order valence-electron chi connectivity index (χ2n) is 6.63. The largest absolute Gasteiger partial charge is 0.370 e. The van der Waals surface area contributed by atoms with Gasteiger partial charge in [-0.05, 0) is 48.5 Å². The van der Waals surface area contributed by atoms with Gasteiger partial charge in [0, 0.05) is 24.5 Å². The van der Waals surface area contributed by atoms with Gasteiger partial charge in [-0.15, -0.1) is 0 Å². The van der Waals surface area contributed by atoms with Gasteiger partial charge in [0.25, 0.3) is 11.8 Å². The Kier molecular flexibility index (Phi) is 8.14. The van der Waals surface area contributed by atoms with Crippen LogP contribution >= 0.6 is 0 Å². The van der Waals surface area contributed by atoms with Gasteiger partial charge in [-0.25, -0.2) is 9.59 Å². The van der Waals surface area contributed by atoms with Crippen molar-refractivity contribution in [2.24, 2.45) is 9.98 Å². The van der Waals surface area contributed by atoms with E-state index in [1.807, 2.05) is 0 Å². The quantitative estimate of drug-likeness (QED) is 0.535. The van der Waals surface area contributed by atoms with Gasteiger partial charge in [-0.2, -0.15) is 9.98 Å². The van der Waals surface area contributed by atoms with Crippen LogP contribution in [0.3, 0.4) is 0 Å². The highest BCUT2D eigenvalue weighted by atomic mass is 16.5. The average Bonchev–Trinajstić information content (AvgIpc) is 2.82. The Labute approximate surface area is 183 Å². The topological polar surface area (TPSA) is 118 Å². The van der Waals surface area contributed by atoms with E-state index in [1.54, 1.807) is 58.3 Å². The molecule has 2 fully saturated rings. The highest BCUT2D eigenvalue weighted by Gasteiger charge is 2.20. The maximum Gasteiger partial charge on any atom is 0.253 e. The first-order valence-electron chi connectivity index (χ1n) is 9.74. The predicted molar refractivity (Wildman–Crippen MR) is 115 cm³/mol. The molecule has 0 saturated carbocycles. The summed E-state index contributed by atoms with van der Waals surface area (Å²) in [5.74, 6) is -0.115. The standard InChI is InChI=1S/2C11H10N2O3/c2*14-8-12-9-1-3-10(4-2-9)13-5-6-16-7-11(13)15/h2*1-4H,5-7H2. The van der Waals surface area contributed by atoms with Gasteiger partial charge >= 0.3 is 0 Å². The van der Waals surface area contributed by atoms with Crippen LogP contribution in [0.2, 0.25) is 0 Å². The molecular weight excluding hydrogens is 416 g/mol. The molecule has 0 bridgehead atoms. The van der Waals surface area contributed by atoms with Crippen molar-refractivity contribution < 1.29 is 28.7 Å². The van der Waals surface area contributed by atoms with Crippen LogP contribution in [0, 0.1) is 0 Å². The predicted octanol–water partition coefficient (Wildman–Crippen LogP) is 2.03. The summed E-state index contributed by atoms with van der Waals surface area (Å²) in [6, 6.07) is 13.7. The maximum atomic E-state index is 11.5. The Morgan fingerprint density at radius 3 is 1.34 bits per heavy atom. The van der Waals surface area contributed by atoms with Crippen LogP contribution in [0.15, 0.2) is 58.5 Å². The Morgan fingerprint density at radius 2 is 1.03 bits per heavy atom. The lowest BCUT2D eigenvalue weighted by atomic mass is 10.2. The Hall–Kier alpha value is -3.94. The number of aliphatic imine (C=N–C) groups is 2. The summed E-state index contributed by atoms with van der Waals surface area (Å²) >= 11 is 0. The first-order chi connectivity index (χ1) is 15.6. The van der Waals surface area contributed by atoms with E-state index in [9.17, 15) is 19.2 Å². The monoisotopic (exact) mass is 436 g/mol. The normalized spacial score (nSPS) is 15.8. The van der Waals surface area contributed by atoms with E-state index >= 15 is 0 Å². The lowest BCUT2D eigenvalue weighted by Crippen LogP contribution is -2.41. The van der Waals surface area contributed by atoms with Crippen molar-refractivity contribution >= 4 is 46.7 Å². The smallest absolute Gasteiger partial charge is 0.253 e. The molecule has 0 aliphatic carbocycles. The Bertz CT molecular complexity index is 956. The molecule has 0 aromatic heterocycles. The summed E-state index contributed by atoms with van der Waals surface area (Å²) in [5, 5.41) is 0. The van der Waals surface area contributed by atoms with Crippen molar-refractivity contribution in [2.75, 3.05) is 49.3 Å². The summed E-state index contributed by atoms with van der Waals surface area (Å²) in [7, 11) is 0. The number of hydrogen-bond acceptors (Lipinski definition) is 8. The average molecular weight is 436 g/mol. The minimum Gasteiger partial charge on any atom is -0.370 e. The number of isocyanates is 2. The number of anilines is 2. The SMILES string of the molecule is O=C=Nc1ccc(N2CCOCC2=O)cc1.O=C=Nc1ccc(N2CCOCC2=O)cc1. The minimum atomic E-state index is -0.0575. The van der Waals surface area contributed by atoms with Crippen molar-refractivity contribution in [1.29, 1.82) is 0 Å². The van der Waals surface area contributed by atoms with E-state index in [4.69, 9.17) is 9.47 Å². The Morgan fingerprint density at radius 1 is 0.656 bits per heavy atom. The molecule has 0 atom stereocenters. The van der Waals surface area contributed by atoms with Crippen LogP contribution in [-0.4, -0.2) is 63.5 Å². The number of morpholine rings is 2. The molecule has 0 spiro atoms. The number of nitrogens with zero attached hydrogens (tertiary/aromatic N) is 4. The number of ether oxygens (including phenoxy) is 2. The lowest BCUT2D eigenvalue weighted by molar-refractivity contribution is -0.126. The molecule has 2 aromatic carbocycles. The van der Waals surface area contributed by atoms with Crippen LogP contribution in [0.25, 0.3) is 0 Å². The highest BCUT2D eigenvalue weighted by Crippen LogP contribution is 2.21. The molecule has 10 heteroatoms. The fraction of sp³-hybridized carbons (Fsp3) is 0.273. The zero-order valence-corrected chi connectivity index (χ0v) is 17.1. The number of carbonyl (C=O) groups is 2. The number of carbonyl (C=O) groups excluding carboxylic acids is 4. The van der Waals surface area contributed by atoms with Crippen molar-refractivity contribution in [3.05, 3.63) is 48.5 Å². The van der Waals surface area contributed by atoms with Crippen molar-refractivity contribution in [2.45, 2.75) is 0 Å². The summed E-state index contributed by atoms with van der Waals surface area (Å²) in [6.45, 7) is 2.42. The molecular formula is C22H20N4O6. The lowest BCUT2D eigenvalue weighted by Gasteiger charge is -2.26. The molecule has 2 aliphatic rings. The third kappa shape index (κ3) is 6.04. The maximum absolute atomic E-state index is 11.5. The number of benzene rings is 2. The van der Waals surface area contributed by atoms with E-state index in [-0.39, 0.29) is 25.0 Å². The van der Waals surface area contributed by atoms with E-state index < -0.39 is 0 Å². The van der Waals surface area contributed by atoms with Gasteiger partial charge < -0.3 is 19.3 Å². The zero-order valence-electron chi connectivity index (χ0n) is 17.1. The van der Waals surface area contributed by atoms with Crippen LogP contribution in [0.4, 0.5) is 22.7 Å². The number of hydrogen-bond donors (Lipinski definition) is 0. The molecule has 2 aromatic rings. The summed E-state index contributed by atoms with van der Waals surface area (Å²) in [6.07, 6.45) is 2.93. The second-order valence-corrected chi connectivity index (χ2v) is 6.63. The molecule has 4 rings (SSSR count). The van der Waals surface area contributed by atoms with Gasteiger partial charge in [0.05, 0.1) is 24.6 Å². The van der Waals surface area contributed by atoms with Crippen LogP contribution in [0.5, 0.6) is 0 Å². The zero-order chi connectivity index (χ0) is 22.8. The summed E-state index contributed by atoms with van der Waals surface area (Å²) in [4.78, 5) is 53.4. The molecule has 2 saturated heterocycles. The van der Waals surface area contributed by atoms with E-state index in [2.05, 4.69) is 9.98 Å². The van der Waals surface area contributed by atoms with Crippen molar-refractivity contribution in [1.82, 2.24) is 0 Å². The van der Waals surface area contributed by atoms with Crippen LogP contribution in [0.1, 0.15) is 0 Å². The van der Waals surface area contributed by atoms with E-state index in [0.717, 1.165) is 11.4 Å². The molecule has 2 aliphatic heterocycles. The molecule has 10 nitrogen and oxygen atoms in total. The van der Waals surface area contributed by atoms with E-state index in [1.165, 1.54) is 12.2 Å². The molecule has 2 amide bonds. The van der Waals surface area contributed by atoms with Gasteiger partial charge in [-0.3, -0.25) is 9.59 Å². The van der Waals surface area contributed by atoms with Gasteiger partial charge in [-0.1, -0.05) is 0 Å². The first kappa shape index (κ1) is 22.7. The molecule has 0 radical (unpaired) electrons. The molecule has 2 heterocycles. The fourth-order valence-corrected chi connectivity index (χ4v) is 3.10. The fourth-order valence-electron chi connectivity index (χ4n) is 3.10. The van der Waals surface area contributed by atoms with Crippen molar-refractivity contribution in [3.8, 4) is 0 Å². The third-order valence-electron chi connectivity index (χ3n) is 4.64.